The second-order valence-electron chi connectivity index (χ2n) is 8.28. The Kier molecular flexibility index (Phi) is 17.2. The van der Waals surface area contributed by atoms with E-state index in [0.717, 1.165) is 57.8 Å². The number of unbranched alkanes of at least 4 members (excludes halogenated alkanes) is 2. The van der Waals surface area contributed by atoms with Crippen molar-refractivity contribution in [2.45, 2.75) is 99.3 Å². The van der Waals surface area contributed by atoms with Crippen LogP contribution in [0.5, 0.6) is 0 Å². The normalized spacial score (nSPS) is 12.7. The summed E-state index contributed by atoms with van der Waals surface area (Å²) >= 11 is 0. The van der Waals surface area contributed by atoms with E-state index < -0.39 is 0 Å². The molecular weight excluding hydrogens is 358 g/mol. The Balaban J connectivity index is 3.95. The van der Waals surface area contributed by atoms with Crippen LogP contribution in [0.4, 0.5) is 4.79 Å². The molecule has 3 heteroatoms. The van der Waals surface area contributed by atoms with Crippen LogP contribution in [-0.2, 0) is 4.74 Å². The number of carbonyl (C=O) groups is 1. The third-order valence-corrected chi connectivity index (χ3v) is 4.85. The SMILES string of the molecule is CCCCCNC(=O)OC/C=C(\C)CC/C=C(\C)CC/C=C(\C)CCC=C(C)C. The fourth-order valence-electron chi connectivity index (χ4n) is 2.86. The summed E-state index contributed by atoms with van der Waals surface area (Å²) in [6, 6.07) is 0. The van der Waals surface area contributed by atoms with Crippen molar-refractivity contribution in [1.82, 2.24) is 5.32 Å². The average molecular weight is 404 g/mol. The van der Waals surface area contributed by atoms with Crippen LogP contribution in [-0.4, -0.2) is 19.2 Å². The Morgan fingerprint density at radius 1 is 0.759 bits per heavy atom. The molecule has 0 aliphatic heterocycles. The molecule has 0 atom stereocenters. The van der Waals surface area contributed by atoms with Gasteiger partial charge in [0, 0.05) is 6.54 Å². The molecule has 0 aliphatic carbocycles. The van der Waals surface area contributed by atoms with Crippen LogP contribution in [0.3, 0.4) is 0 Å². The molecular formula is C26H45NO2. The maximum Gasteiger partial charge on any atom is 0.407 e. The number of hydrogen-bond donors (Lipinski definition) is 1. The number of rotatable bonds is 15. The number of hydrogen-bond acceptors (Lipinski definition) is 2. The monoisotopic (exact) mass is 403 g/mol. The molecule has 0 aliphatic rings. The van der Waals surface area contributed by atoms with Gasteiger partial charge in [-0.05, 0) is 85.6 Å². The molecule has 0 saturated carbocycles. The van der Waals surface area contributed by atoms with E-state index in [1.54, 1.807) is 0 Å². The van der Waals surface area contributed by atoms with Gasteiger partial charge in [-0.15, -0.1) is 0 Å². The van der Waals surface area contributed by atoms with E-state index in [-0.39, 0.29) is 6.09 Å². The van der Waals surface area contributed by atoms with Crippen LogP contribution in [0.15, 0.2) is 46.6 Å². The van der Waals surface area contributed by atoms with Crippen molar-refractivity contribution in [2.24, 2.45) is 0 Å². The molecule has 0 aromatic rings. The predicted octanol–water partition coefficient (Wildman–Crippen LogP) is 8.05. The minimum atomic E-state index is -0.315. The molecule has 3 nitrogen and oxygen atoms in total. The van der Waals surface area contributed by atoms with Crippen LogP contribution < -0.4 is 5.32 Å². The molecule has 0 rings (SSSR count). The quantitative estimate of drug-likeness (QED) is 0.222. The van der Waals surface area contributed by atoms with Crippen molar-refractivity contribution in [3.05, 3.63) is 46.6 Å². The van der Waals surface area contributed by atoms with E-state index in [9.17, 15) is 4.79 Å². The minimum absolute atomic E-state index is 0.315. The van der Waals surface area contributed by atoms with Gasteiger partial charge < -0.3 is 10.1 Å². The molecule has 0 heterocycles. The molecule has 1 N–H and O–H groups in total. The van der Waals surface area contributed by atoms with E-state index in [1.165, 1.54) is 22.3 Å². The van der Waals surface area contributed by atoms with E-state index in [4.69, 9.17) is 4.74 Å². The third kappa shape index (κ3) is 19.3. The van der Waals surface area contributed by atoms with Gasteiger partial charge in [-0.1, -0.05) is 60.3 Å². The van der Waals surface area contributed by atoms with Gasteiger partial charge in [0.2, 0.25) is 0 Å². The zero-order chi connectivity index (χ0) is 21.9. The molecule has 1 amide bonds. The first-order chi connectivity index (χ1) is 13.8. The van der Waals surface area contributed by atoms with E-state index >= 15 is 0 Å². The van der Waals surface area contributed by atoms with Gasteiger partial charge in [0.05, 0.1) is 0 Å². The molecule has 0 fully saturated rings. The molecule has 0 aromatic carbocycles. The van der Waals surface area contributed by atoms with Gasteiger partial charge in [0.1, 0.15) is 6.61 Å². The smallest absolute Gasteiger partial charge is 0.407 e. The topological polar surface area (TPSA) is 38.3 Å². The highest BCUT2D eigenvalue weighted by Gasteiger charge is 1.99. The van der Waals surface area contributed by atoms with Crippen molar-refractivity contribution in [1.29, 1.82) is 0 Å². The molecule has 0 unspecified atom stereocenters. The van der Waals surface area contributed by atoms with Crippen molar-refractivity contribution >= 4 is 6.09 Å². The lowest BCUT2D eigenvalue weighted by atomic mass is 10.0. The standard InChI is InChI=1S/C26H45NO2/c1-7-8-9-20-27-26(28)29-21-19-25(6)18-12-17-24(5)16-11-15-23(4)14-10-13-22(2)3/h13,15,17,19H,7-12,14,16,18,20-21H2,1-6H3,(H,27,28)/b23-15+,24-17+,25-19+. The number of nitrogens with one attached hydrogen (secondary N) is 1. The Labute approximate surface area is 180 Å². The molecule has 166 valence electrons. The van der Waals surface area contributed by atoms with E-state index in [1.807, 2.05) is 6.08 Å². The first-order valence-electron chi connectivity index (χ1n) is 11.4. The Morgan fingerprint density at radius 2 is 1.28 bits per heavy atom. The van der Waals surface area contributed by atoms with Crippen molar-refractivity contribution < 1.29 is 9.53 Å². The molecule has 0 spiro atoms. The van der Waals surface area contributed by atoms with Gasteiger partial charge in [-0.2, -0.15) is 0 Å². The highest BCUT2D eigenvalue weighted by molar-refractivity contribution is 5.67. The van der Waals surface area contributed by atoms with Crippen LogP contribution in [0.1, 0.15) is 99.3 Å². The van der Waals surface area contributed by atoms with Crippen molar-refractivity contribution in [3.8, 4) is 0 Å². The maximum atomic E-state index is 11.5. The Hall–Kier alpha value is -1.77. The predicted molar refractivity (Wildman–Crippen MR) is 127 cm³/mol. The molecule has 0 bridgehead atoms. The minimum Gasteiger partial charge on any atom is -0.445 e. The van der Waals surface area contributed by atoms with Crippen LogP contribution in [0, 0.1) is 0 Å². The first kappa shape index (κ1) is 27.2. The number of allylic oxidation sites excluding steroid dienone is 7. The zero-order valence-corrected chi connectivity index (χ0v) is 19.9. The summed E-state index contributed by atoms with van der Waals surface area (Å²) in [5.74, 6) is 0. The zero-order valence-electron chi connectivity index (χ0n) is 19.9. The number of ether oxygens (including phenoxy) is 1. The fourth-order valence-corrected chi connectivity index (χ4v) is 2.86. The summed E-state index contributed by atoms with van der Waals surface area (Å²) in [6.07, 6.45) is 18.6. The summed E-state index contributed by atoms with van der Waals surface area (Å²) in [7, 11) is 0. The summed E-state index contributed by atoms with van der Waals surface area (Å²) in [5.41, 5.74) is 5.61. The van der Waals surface area contributed by atoms with E-state index in [0.29, 0.717) is 13.2 Å². The van der Waals surface area contributed by atoms with Crippen molar-refractivity contribution in [2.75, 3.05) is 13.2 Å². The molecule has 0 aromatic heterocycles. The second kappa shape index (κ2) is 18.3. The maximum absolute atomic E-state index is 11.5. The van der Waals surface area contributed by atoms with Gasteiger partial charge in [-0.25, -0.2) is 4.79 Å². The Morgan fingerprint density at radius 3 is 1.79 bits per heavy atom. The fraction of sp³-hybridized carbons (Fsp3) is 0.654. The van der Waals surface area contributed by atoms with E-state index in [2.05, 4.69) is 65.1 Å². The highest BCUT2D eigenvalue weighted by atomic mass is 16.5. The van der Waals surface area contributed by atoms with Gasteiger partial charge in [0.15, 0.2) is 0 Å². The third-order valence-electron chi connectivity index (χ3n) is 4.85. The summed E-state index contributed by atoms with van der Waals surface area (Å²) in [6.45, 7) is 14.1. The number of alkyl carbamates (subject to hydrolysis) is 1. The Bertz CT molecular complexity index is 563. The number of carbonyl (C=O) groups excluding carboxylic acids is 1. The van der Waals surface area contributed by atoms with Crippen LogP contribution in [0.2, 0.25) is 0 Å². The van der Waals surface area contributed by atoms with Crippen molar-refractivity contribution in [3.63, 3.8) is 0 Å². The summed E-state index contributed by atoms with van der Waals surface area (Å²) < 4.78 is 5.18. The molecule has 29 heavy (non-hydrogen) atoms. The molecule has 0 radical (unpaired) electrons. The lowest BCUT2D eigenvalue weighted by molar-refractivity contribution is 0.158. The highest BCUT2D eigenvalue weighted by Crippen LogP contribution is 2.13. The van der Waals surface area contributed by atoms with Gasteiger partial charge in [0.25, 0.3) is 0 Å². The summed E-state index contributed by atoms with van der Waals surface area (Å²) in [4.78, 5) is 11.5. The first-order valence-corrected chi connectivity index (χ1v) is 11.4. The van der Waals surface area contributed by atoms with Crippen LogP contribution in [0.25, 0.3) is 0 Å². The molecule has 0 saturated heterocycles. The van der Waals surface area contributed by atoms with Gasteiger partial charge >= 0.3 is 6.09 Å². The lowest BCUT2D eigenvalue weighted by Crippen LogP contribution is -2.25. The average Bonchev–Trinajstić information content (AvgIpc) is 2.65. The lowest BCUT2D eigenvalue weighted by Gasteiger charge is -2.05. The summed E-state index contributed by atoms with van der Waals surface area (Å²) in [5, 5.41) is 2.79. The second-order valence-corrected chi connectivity index (χ2v) is 8.28. The van der Waals surface area contributed by atoms with Gasteiger partial charge in [-0.3, -0.25) is 0 Å². The largest absolute Gasteiger partial charge is 0.445 e. The van der Waals surface area contributed by atoms with Crippen LogP contribution >= 0.6 is 0 Å². The number of amides is 1.